The zero-order valence-electron chi connectivity index (χ0n) is 8.84. The van der Waals surface area contributed by atoms with Gasteiger partial charge in [-0.15, -0.1) is 0 Å². The first-order valence-corrected chi connectivity index (χ1v) is 6.64. The van der Waals surface area contributed by atoms with Gasteiger partial charge in [0.1, 0.15) is 0 Å². The number of amides is 1. The summed E-state index contributed by atoms with van der Waals surface area (Å²) >= 11 is 1.79. The van der Waals surface area contributed by atoms with Gasteiger partial charge in [-0.3, -0.25) is 4.79 Å². The van der Waals surface area contributed by atoms with Crippen LogP contribution in [0.4, 0.5) is 0 Å². The van der Waals surface area contributed by atoms with Crippen LogP contribution in [-0.2, 0) is 4.79 Å². The first-order chi connectivity index (χ1) is 6.71. The summed E-state index contributed by atoms with van der Waals surface area (Å²) in [7, 11) is 0. The Morgan fingerprint density at radius 2 is 2.07 bits per heavy atom. The van der Waals surface area contributed by atoms with Crippen molar-refractivity contribution in [1.29, 1.82) is 0 Å². The van der Waals surface area contributed by atoms with Gasteiger partial charge < -0.3 is 11.1 Å². The standard InChI is InChI=1S/C10H20N2OS/c1-14-8-7-12-10(9(11)13)5-3-2-4-6-10/h12H,2-8H2,1H3,(H2,11,13). The normalized spacial score (nSPS) is 20.6. The zero-order valence-corrected chi connectivity index (χ0v) is 9.66. The minimum absolute atomic E-state index is 0.168. The van der Waals surface area contributed by atoms with Crippen LogP contribution in [0.5, 0.6) is 0 Å². The van der Waals surface area contributed by atoms with E-state index in [-0.39, 0.29) is 5.91 Å². The molecule has 0 bridgehead atoms. The van der Waals surface area contributed by atoms with E-state index < -0.39 is 5.54 Å². The summed E-state index contributed by atoms with van der Waals surface area (Å²) in [5.74, 6) is 0.868. The Labute approximate surface area is 90.2 Å². The van der Waals surface area contributed by atoms with Crippen molar-refractivity contribution in [2.45, 2.75) is 37.6 Å². The largest absolute Gasteiger partial charge is 0.368 e. The third-order valence-corrected chi connectivity index (χ3v) is 3.56. The molecule has 4 heteroatoms. The Balaban J connectivity index is 2.47. The van der Waals surface area contributed by atoms with Gasteiger partial charge in [0.2, 0.25) is 5.91 Å². The van der Waals surface area contributed by atoms with Crippen molar-refractivity contribution in [3.05, 3.63) is 0 Å². The topological polar surface area (TPSA) is 55.1 Å². The Bertz CT molecular complexity index is 191. The number of carbonyl (C=O) groups excluding carboxylic acids is 1. The van der Waals surface area contributed by atoms with Crippen LogP contribution in [0.3, 0.4) is 0 Å². The number of carbonyl (C=O) groups is 1. The molecule has 1 aliphatic rings. The molecule has 82 valence electrons. The van der Waals surface area contributed by atoms with E-state index in [4.69, 9.17) is 5.73 Å². The van der Waals surface area contributed by atoms with E-state index in [9.17, 15) is 4.79 Å². The van der Waals surface area contributed by atoms with Crippen LogP contribution in [0.25, 0.3) is 0 Å². The molecule has 1 rings (SSSR count). The third kappa shape index (κ3) is 2.89. The molecule has 1 fully saturated rings. The van der Waals surface area contributed by atoms with Crippen LogP contribution in [-0.4, -0.2) is 30.0 Å². The lowest BCUT2D eigenvalue weighted by molar-refractivity contribution is -0.125. The van der Waals surface area contributed by atoms with E-state index in [0.29, 0.717) is 0 Å². The number of rotatable bonds is 5. The first-order valence-electron chi connectivity index (χ1n) is 5.25. The Kier molecular flexibility index (Phi) is 4.75. The lowest BCUT2D eigenvalue weighted by Crippen LogP contribution is -2.57. The van der Waals surface area contributed by atoms with Gasteiger partial charge in [-0.25, -0.2) is 0 Å². The molecule has 0 heterocycles. The molecule has 0 atom stereocenters. The maximum absolute atomic E-state index is 11.4. The lowest BCUT2D eigenvalue weighted by atomic mass is 9.81. The fraction of sp³-hybridized carbons (Fsp3) is 0.900. The molecule has 0 aromatic rings. The molecule has 1 saturated carbocycles. The second-order valence-electron chi connectivity index (χ2n) is 3.93. The van der Waals surface area contributed by atoms with E-state index in [0.717, 1.165) is 38.0 Å². The van der Waals surface area contributed by atoms with E-state index in [2.05, 4.69) is 11.6 Å². The molecule has 0 radical (unpaired) electrons. The number of hydrogen-bond donors (Lipinski definition) is 2. The van der Waals surface area contributed by atoms with Gasteiger partial charge in [-0.1, -0.05) is 19.3 Å². The van der Waals surface area contributed by atoms with Crippen molar-refractivity contribution in [2.75, 3.05) is 18.6 Å². The highest BCUT2D eigenvalue weighted by molar-refractivity contribution is 7.98. The highest BCUT2D eigenvalue weighted by Gasteiger charge is 2.36. The molecule has 3 N–H and O–H groups in total. The van der Waals surface area contributed by atoms with E-state index in [1.807, 2.05) is 0 Å². The van der Waals surface area contributed by atoms with Crippen molar-refractivity contribution in [1.82, 2.24) is 5.32 Å². The molecule has 0 aliphatic heterocycles. The molecular weight excluding hydrogens is 196 g/mol. The summed E-state index contributed by atoms with van der Waals surface area (Å²) in [5, 5.41) is 3.34. The molecule has 0 saturated heterocycles. The highest BCUT2D eigenvalue weighted by Crippen LogP contribution is 2.27. The molecule has 0 unspecified atom stereocenters. The number of nitrogens with one attached hydrogen (secondary N) is 1. The monoisotopic (exact) mass is 216 g/mol. The Morgan fingerprint density at radius 3 is 2.57 bits per heavy atom. The maximum Gasteiger partial charge on any atom is 0.237 e. The van der Waals surface area contributed by atoms with Gasteiger partial charge in [-0.2, -0.15) is 11.8 Å². The fourth-order valence-electron chi connectivity index (χ4n) is 2.06. The summed E-state index contributed by atoms with van der Waals surface area (Å²) in [6, 6.07) is 0. The third-order valence-electron chi connectivity index (χ3n) is 2.95. The molecule has 0 aromatic heterocycles. The second-order valence-corrected chi connectivity index (χ2v) is 4.91. The quantitative estimate of drug-likeness (QED) is 0.677. The molecule has 1 aliphatic carbocycles. The summed E-state index contributed by atoms with van der Waals surface area (Å²) in [6.45, 7) is 0.879. The van der Waals surface area contributed by atoms with Gasteiger partial charge in [0, 0.05) is 12.3 Å². The minimum atomic E-state index is -0.395. The number of thioether (sulfide) groups is 1. The second kappa shape index (κ2) is 5.61. The van der Waals surface area contributed by atoms with Gasteiger partial charge in [0.15, 0.2) is 0 Å². The summed E-state index contributed by atoms with van der Waals surface area (Å²) < 4.78 is 0. The number of nitrogens with two attached hydrogens (primary N) is 1. The molecule has 0 spiro atoms. The minimum Gasteiger partial charge on any atom is -0.368 e. The Morgan fingerprint density at radius 1 is 1.43 bits per heavy atom. The van der Waals surface area contributed by atoms with E-state index >= 15 is 0 Å². The van der Waals surface area contributed by atoms with Crippen LogP contribution in [0.15, 0.2) is 0 Å². The van der Waals surface area contributed by atoms with Crippen molar-refractivity contribution < 1.29 is 4.79 Å². The SMILES string of the molecule is CSCCNC1(C(N)=O)CCCCC1. The van der Waals surface area contributed by atoms with Gasteiger partial charge in [-0.05, 0) is 19.1 Å². The molecule has 3 nitrogen and oxygen atoms in total. The highest BCUT2D eigenvalue weighted by atomic mass is 32.2. The molecule has 14 heavy (non-hydrogen) atoms. The van der Waals surface area contributed by atoms with Gasteiger partial charge in [0.05, 0.1) is 5.54 Å². The molecule has 0 aromatic carbocycles. The Hall–Kier alpha value is -0.220. The van der Waals surface area contributed by atoms with Crippen LogP contribution in [0.2, 0.25) is 0 Å². The van der Waals surface area contributed by atoms with Crippen LogP contribution < -0.4 is 11.1 Å². The van der Waals surface area contributed by atoms with Crippen molar-refractivity contribution in [3.63, 3.8) is 0 Å². The fourth-order valence-corrected chi connectivity index (χ4v) is 2.36. The van der Waals surface area contributed by atoms with E-state index in [1.165, 1.54) is 6.42 Å². The van der Waals surface area contributed by atoms with Gasteiger partial charge in [0.25, 0.3) is 0 Å². The molecule has 1 amide bonds. The predicted octanol–water partition coefficient (Wildman–Crippen LogP) is 1.13. The van der Waals surface area contributed by atoms with Crippen LogP contribution >= 0.6 is 11.8 Å². The van der Waals surface area contributed by atoms with Crippen molar-refractivity contribution in [2.24, 2.45) is 5.73 Å². The lowest BCUT2D eigenvalue weighted by Gasteiger charge is -2.35. The average molecular weight is 216 g/mol. The van der Waals surface area contributed by atoms with Crippen molar-refractivity contribution in [3.8, 4) is 0 Å². The number of primary amides is 1. The zero-order chi connectivity index (χ0) is 10.4. The van der Waals surface area contributed by atoms with Crippen LogP contribution in [0, 0.1) is 0 Å². The van der Waals surface area contributed by atoms with Crippen LogP contribution in [0.1, 0.15) is 32.1 Å². The average Bonchev–Trinajstić information content (AvgIpc) is 2.19. The van der Waals surface area contributed by atoms with Gasteiger partial charge >= 0.3 is 0 Å². The van der Waals surface area contributed by atoms with Crippen molar-refractivity contribution >= 4 is 17.7 Å². The predicted molar refractivity (Wildman–Crippen MR) is 61.4 cm³/mol. The van der Waals surface area contributed by atoms with E-state index in [1.54, 1.807) is 11.8 Å². The number of hydrogen-bond acceptors (Lipinski definition) is 3. The smallest absolute Gasteiger partial charge is 0.237 e. The first kappa shape index (κ1) is 11.9. The summed E-state index contributed by atoms with van der Waals surface area (Å²) in [6.07, 6.45) is 7.37. The summed E-state index contributed by atoms with van der Waals surface area (Å²) in [4.78, 5) is 11.4. The molecular formula is C10H20N2OS. The summed E-state index contributed by atoms with van der Waals surface area (Å²) in [5.41, 5.74) is 5.08. The maximum atomic E-state index is 11.4.